The molecule has 0 bridgehead atoms. The summed E-state index contributed by atoms with van der Waals surface area (Å²) in [6.45, 7) is 20.8. The molecule has 0 fully saturated rings. The minimum atomic E-state index is -0.560. The number of aromatic nitrogens is 1. The lowest BCUT2D eigenvalue weighted by Gasteiger charge is -2.16. The SMILES string of the molecule is [C-]#[N+]c1c(C(C)C)cc(-c2ccccc2)oc1=O.[C-]#[N+]c1c(CC)cc(-c2ccccc2)n(Cc2ccccc2)c1=O. The zero-order valence-corrected chi connectivity index (χ0v) is 23.9. The first-order valence-corrected chi connectivity index (χ1v) is 13.7. The number of rotatable bonds is 6. The zero-order chi connectivity index (χ0) is 30.1. The van der Waals surface area contributed by atoms with Crippen molar-refractivity contribution in [3.8, 4) is 22.6 Å². The van der Waals surface area contributed by atoms with Gasteiger partial charge in [-0.25, -0.2) is 9.69 Å². The van der Waals surface area contributed by atoms with Crippen LogP contribution in [0.15, 0.2) is 117 Å². The predicted octanol–water partition coefficient (Wildman–Crippen LogP) is 8.66. The van der Waals surface area contributed by atoms with Crippen LogP contribution in [0.5, 0.6) is 0 Å². The highest BCUT2D eigenvalue weighted by Gasteiger charge is 2.16. The number of hydrogen-bond acceptors (Lipinski definition) is 3. The topological polar surface area (TPSA) is 60.9 Å². The minimum absolute atomic E-state index is 0.0877. The number of nitrogens with zero attached hydrogens (tertiary/aromatic N) is 3. The minimum Gasteiger partial charge on any atom is -0.431 e. The molecule has 3 aromatic carbocycles. The first-order valence-electron chi connectivity index (χ1n) is 13.7. The van der Waals surface area contributed by atoms with Gasteiger partial charge in [-0.2, -0.15) is 0 Å². The number of pyridine rings is 1. The van der Waals surface area contributed by atoms with Crippen molar-refractivity contribution in [2.24, 2.45) is 0 Å². The molecule has 0 N–H and O–H groups in total. The maximum Gasteiger partial charge on any atom is 0.342 e. The van der Waals surface area contributed by atoms with Gasteiger partial charge < -0.3 is 8.98 Å². The van der Waals surface area contributed by atoms with E-state index in [1.165, 1.54) is 0 Å². The summed E-state index contributed by atoms with van der Waals surface area (Å²) < 4.78 is 6.91. The van der Waals surface area contributed by atoms with Crippen molar-refractivity contribution in [1.29, 1.82) is 0 Å². The molecule has 2 heterocycles. The van der Waals surface area contributed by atoms with Crippen LogP contribution >= 0.6 is 0 Å². The van der Waals surface area contributed by atoms with Gasteiger partial charge in [0, 0.05) is 17.8 Å². The first kappa shape index (κ1) is 29.5. The molecule has 0 aliphatic carbocycles. The van der Waals surface area contributed by atoms with Gasteiger partial charge in [-0.05, 0) is 46.7 Å². The van der Waals surface area contributed by atoms with Crippen molar-refractivity contribution in [3.05, 3.63) is 163 Å². The van der Waals surface area contributed by atoms with Crippen molar-refractivity contribution in [3.63, 3.8) is 0 Å². The van der Waals surface area contributed by atoms with Crippen LogP contribution in [-0.2, 0) is 13.0 Å². The second kappa shape index (κ2) is 13.7. The van der Waals surface area contributed by atoms with Crippen molar-refractivity contribution in [2.45, 2.75) is 39.7 Å². The van der Waals surface area contributed by atoms with Crippen molar-refractivity contribution < 1.29 is 4.42 Å². The molecule has 0 unspecified atom stereocenters. The van der Waals surface area contributed by atoms with Gasteiger partial charge in [0.15, 0.2) is 0 Å². The van der Waals surface area contributed by atoms with Crippen molar-refractivity contribution in [2.75, 3.05) is 0 Å². The summed E-state index contributed by atoms with van der Waals surface area (Å²) in [7, 11) is 0. The molecule has 2 aromatic heterocycles. The van der Waals surface area contributed by atoms with E-state index in [9.17, 15) is 9.59 Å². The van der Waals surface area contributed by atoms with Gasteiger partial charge in [-0.1, -0.05) is 112 Å². The van der Waals surface area contributed by atoms with E-state index in [-0.39, 0.29) is 22.9 Å². The number of hydrogen-bond donors (Lipinski definition) is 0. The van der Waals surface area contributed by atoms with Crippen molar-refractivity contribution in [1.82, 2.24) is 4.57 Å². The Balaban J connectivity index is 0.000000201. The summed E-state index contributed by atoms with van der Waals surface area (Å²) in [5, 5.41) is 0. The standard InChI is InChI=1S/C21H18N2O.C15H13NO2/c1-3-17-14-19(18-12-8-5-9-13-18)23(21(24)20(17)22-2)15-16-10-6-4-7-11-16;1-10(2)12-9-13(11-7-5-4-6-8-11)18-15(17)14(12)16-3/h4-14H,3,15H2,1H3;4-10H,1-2H3. The van der Waals surface area contributed by atoms with Gasteiger partial charge in [0.25, 0.3) is 16.9 Å². The van der Waals surface area contributed by atoms with Crippen LogP contribution in [0.1, 0.15) is 43.4 Å². The van der Waals surface area contributed by atoms with E-state index >= 15 is 0 Å². The lowest BCUT2D eigenvalue weighted by molar-refractivity contribution is 0.526. The van der Waals surface area contributed by atoms with Gasteiger partial charge in [0.2, 0.25) is 0 Å². The maximum atomic E-state index is 12.9. The molecule has 6 nitrogen and oxygen atoms in total. The van der Waals surface area contributed by atoms with E-state index in [0.717, 1.165) is 33.5 Å². The molecule has 6 heteroatoms. The van der Waals surface area contributed by atoms with Crippen LogP contribution < -0.4 is 11.2 Å². The third kappa shape index (κ3) is 6.63. The van der Waals surface area contributed by atoms with E-state index in [1.54, 1.807) is 10.6 Å². The summed E-state index contributed by atoms with van der Waals surface area (Å²) in [5.74, 6) is 0.623. The molecule has 0 saturated heterocycles. The fraction of sp³-hybridized carbons (Fsp3) is 0.167. The fourth-order valence-corrected chi connectivity index (χ4v) is 4.65. The summed E-state index contributed by atoms with van der Waals surface area (Å²) >= 11 is 0. The Labute approximate surface area is 245 Å². The lowest BCUT2D eigenvalue weighted by Crippen LogP contribution is -2.23. The van der Waals surface area contributed by atoms with Gasteiger partial charge in [0.1, 0.15) is 5.76 Å². The Morgan fingerprint density at radius 2 is 1.31 bits per heavy atom. The summed E-state index contributed by atoms with van der Waals surface area (Å²) in [6.07, 6.45) is 0.666. The van der Waals surface area contributed by atoms with E-state index in [4.69, 9.17) is 17.6 Å². The Bertz CT molecular complexity index is 1860. The van der Waals surface area contributed by atoms with Crippen LogP contribution in [0.25, 0.3) is 32.3 Å². The van der Waals surface area contributed by atoms with Gasteiger partial charge >= 0.3 is 5.63 Å². The van der Waals surface area contributed by atoms with Gasteiger partial charge in [-0.3, -0.25) is 9.59 Å². The Kier molecular flexibility index (Phi) is 9.66. The van der Waals surface area contributed by atoms with Crippen LogP contribution in [0, 0.1) is 13.1 Å². The summed E-state index contributed by atoms with van der Waals surface area (Å²) in [5.41, 5.74) is 4.80. The van der Waals surface area contributed by atoms with Crippen LogP contribution in [0.2, 0.25) is 0 Å². The quantitative estimate of drug-likeness (QED) is 0.198. The molecule has 0 aliphatic rings. The van der Waals surface area contributed by atoms with Crippen molar-refractivity contribution >= 4 is 11.4 Å². The summed E-state index contributed by atoms with van der Waals surface area (Å²) in [6, 6.07) is 32.9. The third-order valence-corrected chi connectivity index (χ3v) is 6.85. The molecular formula is C36H31N3O3. The maximum absolute atomic E-state index is 12.9. The van der Waals surface area contributed by atoms with Crippen LogP contribution in [-0.4, -0.2) is 4.57 Å². The van der Waals surface area contributed by atoms with E-state index in [1.807, 2.05) is 118 Å². The molecule has 0 radical (unpaired) electrons. The second-order valence-electron chi connectivity index (χ2n) is 9.95. The highest BCUT2D eigenvalue weighted by atomic mass is 16.4. The predicted molar refractivity (Wildman–Crippen MR) is 168 cm³/mol. The normalized spacial score (nSPS) is 10.3. The average Bonchev–Trinajstić information content (AvgIpc) is 3.03. The molecular weight excluding hydrogens is 522 g/mol. The molecule has 0 amide bonds. The second-order valence-corrected chi connectivity index (χ2v) is 9.95. The fourth-order valence-electron chi connectivity index (χ4n) is 4.65. The number of benzene rings is 3. The Morgan fingerprint density at radius 3 is 1.83 bits per heavy atom. The molecule has 42 heavy (non-hydrogen) atoms. The highest BCUT2D eigenvalue weighted by Crippen LogP contribution is 2.29. The van der Waals surface area contributed by atoms with E-state index < -0.39 is 5.63 Å². The molecule has 0 saturated carbocycles. The van der Waals surface area contributed by atoms with Gasteiger partial charge in [-0.15, -0.1) is 0 Å². The average molecular weight is 554 g/mol. The Morgan fingerprint density at radius 1 is 0.762 bits per heavy atom. The van der Waals surface area contributed by atoms with E-state index in [2.05, 4.69) is 9.69 Å². The smallest absolute Gasteiger partial charge is 0.342 e. The molecule has 5 aromatic rings. The molecule has 0 spiro atoms. The largest absolute Gasteiger partial charge is 0.431 e. The Hall–Kier alpha value is -5.46. The molecule has 208 valence electrons. The monoisotopic (exact) mass is 553 g/mol. The molecule has 0 atom stereocenters. The zero-order valence-electron chi connectivity index (χ0n) is 23.9. The molecule has 5 rings (SSSR count). The van der Waals surface area contributed by atoms with Crippen LogP contribution in [0.3, 0.4) is 0 Å². The first-order chi connectivity index (χ1) is 20.4. The highest BCUT2D eigenvalue weighted by molar-refractivity contribution is 5.65. The van der Waals surface area contributed by atoms with E-state index in [0.29, 0.717) is 18.7 Å². The summed E-state index contributed by atoms with van der Waals surface area (Å²) in [4.78, 5) is 31.5. The molecule has 0 aliphatic heterocycles. The number of aryl methyl sites for hydroxylation is 1. The third-order valence-electron chi connectivity index (χ3n) is 6.85. The van der Waals surface area contributed by atoms with Gasteiger partial charge in [0.05, 0.1) is 13.1 Å². The lowest BCUT2D eigenvalue weighted by atomic mass is 10.0. The van der Waals surface area contributed by atoms with Crippen LogP contribution in [0.4, 0.5) is 11.4 Å².